The monoisotopic (exact) mass is 273 g/mol. The second-order valence-electron chi connectivity index (χ2n) is 3.74. The van der Waals surface area contributed by atoms with E-state index in [-0.39, 0.29) is 4.99 Å². The number of benzene rings is 1. The van der Waals surface area contributed by atoms with Crippen molar-refractivity contribution in [3.8, 4) is 11.6 Å². The van der Waals surface area contributed by atoms with Crippen molar-refractivity contribution in [3.63, 3.8) is 0 Å². The number of rotatable bonds is 4. The fraction of sp³-hybridized carbons (Fsp3) is 0. The number of thiocarbonyl (C=S) groups is 1. The molecule has 1 aromatic carbocycles. The minimum Gasteiger partial charge on any atom is -0.439 e. The zero-order valence-electron chi connectivity index (χ0n) is 9.87. The number of ether oxygens (including phenoxy) is 1. The molecule has 0 aliphatic rings. The highest BCUT2D eigenvalue weighted by atomic mass is 32.1. The number of carbonyl (C=O) groups is 1. The van der Waals surface area contributed by atoms with Gasteiger partial charge in [-0.3, -0.25) is 4.79 Å². The molecule has 0 saturated heterocycles. The minimum atomic E-state index is -0.481. The summed E-state index contributed by atoms with van der Waals surface area (Å²) >= 11 is 4.83. The molecular formula is C13H11N3O2S. The molecule has 0 radical (unpaired) electrons. The SMILES string of the molecule is NC(=O)c1ccc(Oc2ccc(C(N)=S)cn2)cc1. The van der Waals surface area contributed by atoms with Gasteiger partial charge in [0.05, 0.1) is 0 Å². The Balaban J connectivity index is 2.12. The molecule has 2 aromatic rings. The molecule has 0 atom stereocenters. The van der Waals surface area contributed by atoms with Crippen LogP contribution in [0.2, 0.25) is 0 Å². The second-order valence-corrected chi connectivity index (χ2v) is 4.18. The summed E-state index contributed by atoms with van der Waals surface area (Å²) in [5.74, 6) is 0.484. The summed E-state index contributed by atoms with van der Waals surface area (Å²) in [6, 6.07) is 9.84. The third kappa shape index (κ3) is 3.26. The number of nitrogens with two attached hydrogens (primary N) is 2. The third-order valence-electron chi connectivity index (χ3n) is 2.38. The highest BCUT2D eigenvalue weighted by Crippen LogP contribution is 2.19. The summed E-state index contributed by atoms with van der Waals surface area (Å²) in [7, 11) is 0. The number of pyridine rings is 1. The van der Waals surface area contributed by atoms with Gasteiger partial charge in [0.1, 0.15) is 10.7 Å². The zero-order valence-corrected chi connectivity index (χ0v) is 10.7. The predicted molar refractivity (Wildman–Crippen MR) is 75.2 cm³/mol. The van der Waals surface area contributed by atoms with Crippen molar-refractivity contribution in [2.24, 2.45) is 11.5 Å². The summed E-state index contributed by atoms with van der Waals surface area (Å²) in [4.78, 5) is 15.3. The van der Waals surface area contributed by atoms with Gasteiger partial charge in [-0.1, -0.05) is 12.2 Å². The zero-order chi connectivity index (χ0) is 13.8. The largest absolute Gasteiger partial charge is 0.439 e. The van der Waals surface area contributed by atoms with Gasteiger partial charge in [-0.05, 0) is 30.3 Å². The highest BCUT2D eigenvalue weighted by molar-refractivity contribution is 7.80. The Kier molecular flexibility index (Phi) is 3.72. The van der Waals surface area contributed by atoms with E-state index in [4.69, 9.17) is 28.4 Å². The summed E-state index contributed by atoms with van der Waals surface area (Å²) in [5.41, 5.74) is 11.7. The van der Waals surface area contributed by atoms with Crippen molar-refractivity contribution >= 4 is 23.1 Å². The second kappa shape index (κ2) is 5.45. The fourth-order valence-corrected chi connectivity index (χ4v) is 1.52. The Morgan fingerprint density at radius 3 is 2.16 bits per heavy atom. The molecule has 1 aromatic heterocycles. The van der Waals surface area contributed by atoms with Gasteiger partial charge < -0.3 is 16.2 Å². The van der Waals surface area contributed by atoms with Crippen LogP contribution in [0.1, 0.15) is 15.9 Å². The molecule has 5 nitrogen and oxygen atoms in total. The van der Waals surface area contributed by atoms with E-state index in [0.29, 0.717) is 22.8 Å². The lowest BCUT2D eigenvalue weighted by Crippen LogP contribution is -2.10. The molecule has 2 rings (SSSR count). The maximum atomic E-state index is 10.9. The highest BCUT2D eigenvalue weighted by Gasteiger charge is 2.03. The number of primary amides is 1. The molecule has 4 N–H and O–H groups in total. The van der Waals surface area contributed by atoms with Gasteiger partial charge in [-0.15, -0.1) is 0 Å². The number of amides is 1. The summed E-state index contributed by atoms with van der Waals surface area (Å²) in [6.07, 6.45) is 1.54. The van der Waals surface area contributed by atoms with Crippen LogP contribution < -0.4 is 16.2 Å². The normalized spacial score (nSPS) is 9.89. The van der Waals surface area contributed by atoms with E-state index in [1.54, 1.807) is 36.4 Å². The van der Waals surface area contributed by atoms with Gasteiger partial charge in [0.2, 0.25) is 11.8 Å². The van der Waals surface area contributed by atoms with Crippen LogP contribution in [0.25, 0.3) is 0 Å². The first-order valence-electron chi connectivity index (χ1n) is 5.40. The maximum Gasteiger partial charge on any atom is 0.248 e. The lowest BCUT2D eigenvalue weighted by atomic mass is 10.2. The van der Waals surface area contributed by atoms with Gasteiger partial charge in [-0.25, -0.2) is 4.98 Å². The van der Waals surface area contributed by atoms with Gasteiger partial charge in [0.15, 0.2) is 0 Å². The Morgan fingerprint density at radius 2 is 1.68 bits per heavy atom. The van der Waals surface area contributed by atoms with E-state index < -0.39 is 5.91 Å². The van der Waals surface area contributed by atoms with Crippen LogP contribution in [0.3, 0.4) is 0 Å². The van der Waals surface area contributed by atoms with Crippen LogP contribution in [-0.4, -0.2) is 15.9 Å². The molecule has 0 fully saturated rings. The molecule has 6 heteroatoms. The molecule has 0 saturated carbocycles. The smallest absolute Gasteiger partial charge is 0.248 e. The molecule has 0 aliphatic carbocycles. The number of hydrogen-bond donors (Lipinski definition) is 2. The first-order valence-corrected chi connectivity index (χ1v) is 5.80. The molecule has 19 heavy (non-hydrogen) atoms. The van der Waals surface area contributed by atoms with E-state index in [1.165, 1.54) is 6.20 Å². The quantitative estimate of drug-likeness (QED) is 0.826. The Labute approximate surface area is 115 Å². The van der Waals surface area contributed by atoms with Crippen LogP contribution in [0.15, 0.2) is 42.6 Å². The van der Waals surface area contributed by atoms with Crippen molar-refractivity contribution in [1.82, 2.24) is 4.98 Å². The van der Waals surface area contributed by atoms with Crippen molar-refractivity contribution < 1.29 is 9.53 Å². The molecule has 0 spiro atoms. The lowest BCUT2D eigenvalue weighted by Gasteiger charge is -2.05. The molecule has 96 valence electrons. The van der Waals surface area contributed by atoms with Crippen molar-refractivity contribution in [1.29, 1.82) is 0 Å². The van der Waals surface area contributed by atoms with Crippen molar-refractivity contribution in [2.45, 2.75) is 0 Å². The summed E-state index contributed by atoms with van der Waals surface area (Å²) in [5, 5.41) is 0. The minimum absolute atomic E-state index is 0.282. The van der Waals surface area contributed by atoms with Crippen LogP contribution in [0.4, 0.5) is 0 Å². The number of aromatic nitrogens is 1. The Hall–Kier alpha value is -2.47. The lowest BCUT2D eigenvalue weighted by molar-refractivity contribution is 0.100. The van der Waals surface area contributed by atoms with E-state index in [1.807, 2.05) is 0 Å². The van der Waals surface area contributed by atoms with Gasteiger partial charge >= 0.3 is 0 Å². The van der Waals surface area contributed by atoms with Gasteiger partial charge in [0, 0.05) is 23.4 Å². The van der Waals surface area contributed by atoms with E-state index in [0.717, 1.165) is 0 Å². The molecule has 0 unspecified atom stereocenters. The summed E-state index contributed by atoms with van der Waals surface area (Å²) in [6.45, 7) is 0. The topological polar surface area (TPSA) is 91.2 Å². The average molecular weight is 273 g/mol. The molecule has 1 amide bonds. The standard InChI is InChI=1S/C13H11N3O2S/c14-12(17)8-1-4-10(5-2-8)18-11-6-3-9(7-16-11)13(15)19/h1-7H,(H2,14,17)(H2,15,19). The first kappa shape index (κ1) is 13.0. The van der Waals surface area contributed by atoms with Crippen molar-refractivity contribution in [2.75, 3.05) is 0 Å². The van der Waals surface area contributed by atoms with E-state index >= 15 is 0 Å². The van der Waals surface area contributed by atoms with E-state index in [9.17, 15) is 4.79 Å². The number of carbonyl (C=O) groups excluding carboxylic acids is 1. The van der Waals surface area contributed by atoms with Gasteiger partial charge in [0.25, 0.3) is 0 Å². The average Bonchev–Trinajstić information content (AvgIpc) is 2.40. The number of hydrogen-bond acceptors (Lipinski definition) is 4. The van der Waals surface area contributed by atoms with Crippen LogP contribution in [0, 0.1) is 0 Å². The van der Waals surface area contributed by atoms with Crippen LogP contribution in [-0.2, 0) is 0 Å². The molecule has 1 heterocycles. The Morgan fingerprint density at radius 1 is 1.05 bits per heavy atom. The Bertz CT molecular complexity index is 553. The molecular weight excluding hydrogens is 262 g/mol. The van der Waals surface area contributed by atoms with Crippen LogP contribution >= 0.6 is 12.2 Å². The molecule has 0 bridgehead atoms. The van der Waals surface area contributed by atoms with Crippen LogP contribution in [0.5, 0.6) is 11.6 Å². The third-order valence-corrected chi connectivity index (χ3v) is 2.62. The fourth-order valence-electron chi connectivity index (χ4n) is 1.39. The predicted octanol–water partition coefficient (Wildman–Crippen LogP) is 1.61. The van der Waals surface area contributed by atoms with Crippen molar-refractivity contribution in [3.05, 3.63) is 53.7 Å². The number of nitrogens with zero attached hydrogens (tertiary/aromatic N) is 1. The maximum absolute atomic E-state index is 10.9. The molecule has 0 aliphatic heterocycles. The first-order chi connectivity index (χ1) is 9.06. The van der Waals surface area contributed by atoms with E-state index in [2.05, 4.69) is 4.98 Å². The summed E-state index contributed by atoms with van der Waals surface area (Å²) < 4.78 is 5.50. The van der Waals surface area contributed by atoms with Gasteiger partial charge in [-0.2, -0.15) is 0 Å².